The molecule has 3 aromatic heterocycles. The molecule has 17 heteroatoms. The van der Waals surface area contributed by atoms with Gasteiger partial charge in [0, 0.05) is 35.2 Å². The van der Waals surface area contributed by atoms with Gasteiger partial charge in [0.1, 0.15) is 29.5 Å². The van der Waals surface area contributed by atoms with Gasteiger partial charge in [-0.25, -0.2) is 23.9 Å². The predicted octanol–water partition coefficient (Wildman–Crippen LogP) is 7.23. The lowest BCUT2D eigenvalue weighted by molar-refractivity contribution is -0.136. The second-order valence-electron chi connectivity index (χ2n) is 16.7. The first-order valence-corrected chi connectivity index (χ1v) is 20.8. The number of imidazole rings is 2. The summed E-state index contributed by atoms with van der Waals surface area (Å²) in [6.07, 6.45) is 4.60. The van der Waals surface area contributed by atoms with Gasteiger partial charge in [0.2, 0.25) is 11.8 Å². The molecule has 0 saturated carbocycles. The van der Waals surface area contributed by atoms with Gasteiger partial charge >= 0.3 is 12.2 Å². The third kappa shape index (κ3) is 7.54. The summed E-state index contributed by atoms with van der Waals surface area (Å²) in [7, 11) is 2.54. The van der Waals surface area contributed by atoms with Crippen LogP contribution in [0.15, 0.2) is 48.8 Å². The fraction of sp³-hybridized carbons (Fsp3) is 0.455. The van der Waals surface area contributed by atoms with E-state index in [2.05, 4.69) is 30.6 Å². The van der Waals surface area contributed by atoms with Crippen LogP contribution in [0.3, 0.4) is 0 Å². The van der Waals surface area contributed by atoms with Gasteiger partial charge in [-0.15, -0.1) is 0 Å². The van der Waals surface area contributed by atoms with Crippen molar-refractivity contribution in [2.75, 3.05) is 27.3 Å². The SMILES string of the molecule is COC(=O)NC(C(=O)N1CCC[C@H]1c1ncc(-c2ccc3c(c2)OC(C)n2c-3c(F)c3cc(-c4cnc([C@@H]5CCCN5C(=O)C(NC(=O)OC)C(C)C)[nH]4)ccc32)[nH]1)C(C)C. The zero-order valence-corrected chi connectivity index (χ0v) is 35.4. The highest BCUT2D eigenvalue weighted by Gasteiger charge is 2.39. The van der Waals surface area contributed by atoms with Crippen molar-refractivity contribution in [2.24, 2.45) is 11.8 Å². The van der Waals surface area contributed by atoms with Crippen molar-refractivity contribution < 1.29 is 37.8 Å². The molecule has 4 N–H and O–H groups in total. The van der Waals surface area contributed by atoms with Gasteiger partial charge < -0.3 is 49.2 Å². The number of nitrogens with zero attached hydrogens (tertiary/aromatic N) is 5. The fourth-order valence-corrected chi connectivity index (χ4v) is 8.98. The molecule has 0 spiro atoms. The molecule has 5 atom stereocenters. The number of rotatable bonds is 10. The maximum absolute atomic E-state index is 16.7. The number of aromatic nitrogens is 5. The minimum Gasteiger partial charge on any atom is -0.470 e. The number of amides is 4. The molecule has 3 aliphatic heterocycles. The number of aromatic amines is 2. The summed E-state index contributed by atoms with van der Waals surface area (Å²) in [6.45, 7) is 10.5. The highest BCUT2D eigenvalue weighted by Crippen LogP contribution is 2.46. The van der Waals surface area contributed by atoms with Crippen LogP contribution in [-0.4, -0.2) is 97.7 Å². The predicted molar refractivity (Wildman–Crippen MR) is 224 cm³/mol. The van der Waals surface area contributed by atoms with E-state index in [0.29, 0.717) is 64.8 Å². The summed E-state index contributed by atoms with van der Waals surface area (Å²) in [5.41, 5.74) is 4.64. The molecule has 4 amide bonds. The number of alkyl carbamates (subject to hydrolysis) is 2. The number of likely N-dealkylation sites (tertiary alicyclic amines) is 2. The summed E-state index contributed by atoms with van der Waals surface area (Å²) >= 11 is 0. The first kappa shape index (κ1) is 41.3. The third-order valence-electron chi connectivity index (χ3n) is 12.1. The fourth-order valence-electron chi connectivity index (χ4n) is 8.98. The van der Waals surface area contributed by atoms with E-state index in [4.69, 9.17) is 14.2 Å². The molecule has 2 saturated heterocycles. The second kappa shape index (κ2) is 16.6. The number of benzene rings is 2. The van der Waals surface area contributed by atoms with Crippen LogP contribution >= 0.6 is 0 Å². The van der Waals surface area contributed by atoms with Crippen LogP contribution in [0.4, 0.5) is 14.0 Å². The van der Waals surface area contributed by atoms with Crippen molar-refractivity contribution in [3.05, 3.63) is 66.3 Å². The molecule has 16 nitrogen and oxygen atoms in total. The topological polar surface area (TPSA) is 189 Å². The molecule has 0 aliphatic carbocycles. The molecule has 61 heavy (non-hydrogen) atoms. The Balaban J connectivity index is 1.03. The van der Waals surface area contributed by atoms with Crippen LogP contribution in [0.25, 0.3) is 44.7 Å². The molecule has 2 fully saturated rings. The van der Waals surface area contributed by atoms with Crippen LogP contribution in [-0.2, 0) is 19.1 Å². The van der Waals surface area contributed by atoms with Gasteiger partial charge in [-0.1, -0.05) is 39.8 Å². The van der Waals surface area contributed by atoms with Gasteiger partial charge in [0.15, 0.2) is 12.0 Å². The molecule has 3 unspecified atom stereocenters. The van der Waals surface area contributed by atoms with Gasteiger partial charge in [-0.2, -0.15) is 0 Å². The number of H-pyrrole nitrogens is 2. The van der Waals surface area contributed by atoms with Crippen molar-refractivity contribution in [3.63, 3.8) is 0 Å². The van der Waals surface area contributed by atoms with Gasteiger partial charge in [-0.05, 0) is 68.7 Å². The maximum Gasteiger partial charge on any atom is 0.407 e. The normalized spacial score (nSPS) is 19.4. The number of carbonyl (C=O) groups excluding carboxylic acids is 4. The van der Waals surface area contributed by atoms with E-state index < -0.39 is 30.5 Å². The summed E-state index contributed by atoms with van der Waals surface area (Å²) in [5.74, 6) is 0.727. The summed E-state index contributed by atoms with van der Waals surface area (Å²) in [6, 6.07) is 9.14. The smallest absolute Gasteiger partial charge is 0.407 e. The molecule has 322 valence electrons. The molecular weight excluding hydrogens is 786 g/mol. The van der Waals surface area contributed by atoms with Crippen LogP contribution in [0, 0.1) is 17.7 Å². The van der Waals surface area contributed by atoms with Crippen molar-refractivity contribution in [1.29, 1.82) is 0 Å². The van der Waals surface area contributed by atoms with Crippen molar-refractivity contribution in [1.82, 2.24) is 44.9 Å². The van der Waals surface area contributed by atoms with Crippen molar-refractivity contribution in [3.8, 4) is 39.5 Å². The van der Waals surface area contributed by atoms with Crippen LogP contribution in [0.2, 0.25) is 0 Å². The average molecular weight is 838 g/mol. The quantitative estimate of drug-likeness (QED) is 0.113. The zero-order valence-electron chi connectivity index (χ0n) is 35.4. The van der Waals surface area contributed by atoms with Gasteiger partial charge in [0.25, 0.3) is 0 Å². The van der Waals surface area contributed by atoms with Crippen molar-refractivity contribution in [2.45, 2.75) is 90.7 Å². The first-order valence-electron chi connectivity index (χ1n) is 20.8. The van der Waals surface area contributed by atoms with Crippen LogP contribution < -0.4 is 15.4 Å². The Kier molecular flexibility index (Phi) is 11.2. The minimum absolute atomic E-state index is 0.148. The number of hydrogen-bond donors (Lipinski definition) is 4. The lowest BCUT2D eigenvalue weighted by Crippen LogP contribution is -2.51. The number of methoxy groups -OCH3 is 2. The molecule has 3 aliphatic rings. The zero-order chi connectivity index (χ0) is 43.3. The van der Waals surface area contributed by atoms with Gasteiger partial charge in [-0.3, -0.25) is 9.59 Å². The molecule has 0 bridgehead atoms. The maximum atomic E-state index is 16.7. The average Bonchev–Trinajstić information content (AvgIpc) is 4.11. The largest absolute Gasteiger partial charge is 0.470 e. The summed E-state index contributed by atoms with van der Waals surface area (Å²) in [5, 5.41) is 5.79. The number of ether oxygens (including phenoxy) is 3. The highest BCUT2D eigenvalue weighted by molar-refractivity contribution is 5.93. The van der Waals surface area contributed by atoms with Crippen LogP contribution in [0.5, 0.6) is 5.75 Å². The number of hydrogen-bond acceptors (Lipinski definition) is 9. The van der Waals surface area contributed by atoms with Crippen molar-refractivity contribution >= 4 is 34.9 Å². The van der Waals surface area contributed by atoms with E-state index >= 15 is 4.39 Å². The monoisotopic (exact) mass is 837 g/mol. The van der Waals surface area contributed by atoms with E-state index in [0.717, 1.165) is 36.1 Å². The number of fused-ring (bicyclic) bond motifs is 5. The Labute approximate surface area is 352 Å². The van der Waals surface area contributed by atoms with E-state index in [-0.39, 0.29) is 41.6 Å². The van der Waals surface area contributed by atoms with E-state index in [1.54, 1.807) is 28.3 Å². The molecular formula is C44H52FN9O7. The van der Waals surface area contributed by atoms with E-state index in [1.165, 1.54) is 14.2 Å². The minimum atomic E-state index is -0.746. The molecule has 6 heterocycles. The summed E-state index contributed by atoms with van der Waals surface area (Å²) < 4.78 is 34.6. The lowest BCUT2D eigenvalue weighted by Gasteiger charge is -2.30. The highest BCUT2D eigenvalue weighted by atomic mass is 19.1. The van der Waals surface area contributed by atoms with E-state index in [1.807, 2.05) is 69.5 Å². The Morgan fingerprint density at radius 2 is 1.30 bits per heavy atom. The summed E-state index contributed by atoms with van der Waals surface area (Å²) in [4.78, 5) is 71.0. The standard InChI is InChI=1S/C44H52FN9O7/c1-22(2)36(50-43(57)59-6)41(55)52-16-8-10-32(52)39-46-20-29(48-39)25-13-15-31-28(18-25)35(45)38-27-14-12-26(19-34(27)61-24(5)54(31)38)30-21-47-40(49-30)33-11-9-17-53(33)42(56)37(23(3)4)51-44(58)60-7/h12-15,18-24,32-33,36-37H,8-11,16-17H2,1-7H3,(H,46,48)(H,47,49)(H,50,57)(H,51,58)/t24?,32-,33-,36?,37?/m0/s1. The lowest BCUT2D eigenvalue weighted by atomic mass is 10.0. The molecule has 2 aromatic carbocycles. The molecule has 5 aromatic rings. The number of nitrogens with one attached hydrogen (secondary N) is 4. The van der Waals surface area contributed by atoms with Gasteiger partial charge in [0.05, 0.1) is 61.3 Å². The number of halogens is 1. The Morgan fingerprint density at radius 3 is 1.80 bits per heavy atom. The van der Waals surface area contributed by atoms with E-state index in [9.17, 15) is 19.2 Å². The molecule has 0 radical (unpaired) electrons. The number of carbonyl (C=O) groups is 4. The Hall–Kier alpha value is -6.39. The molecule has 8 rings (SSSR count). The first-order chi connectivity index (χ1) is 29.3. The third-order valence-corrected chi connectivity index (χ3v) is 12.1. The Morgan fingerprint density at radius 1 is 0.787 bits per heavy atom. The second-order valence-corrected chi connectivity index (χ2v) is 16.7. The Bertz CT molecular complexity index is 2490. The van der Waals surface area contributed by atoms with Crippen LogP contribution in [0.1, 0.15) is 90.3 Å².